The van der Waals surface area contributed by atoms with E-state index in [1.54, 1.807) is 0 Å². The molecule has 0 nitrogen and oxygen atoms in total. The molecular formula is C18H36Cl2P2. The SMILES string of the molecule is CCCPC1CC(CCC)(CCC)CC(Cl)(PCCC)C1Cl. The lowest BCUT2D eigenvalue weighted by Crippen LogP contribution is -2.49. The topological polar surface area (TPSA) is 0 Å². The summed E-state index contributed by atoms with van der Waals surface area (Å²) >= 11 is 14.2. The van der Waals surface area contributed by atoms with Crippen LogP contribution in [0.1, 0.15) is 79.1 Å². The van der Waals surface area contributed by atoms with Gasteiger partial charge in [-0.05, 0) is 49.1 Å². The lowest BCUT2D eigenvalue weighted by atomic mass is 9.68. The Balaban J connectivity index is 2.99. The fourth-order valence-electron chi connectivity index (χ4n) is 4.17. The number of halogens is 2. The summed E-state index contributed by atoms with van der Waals surface area (Å²) in [6, 6.07) is 0. The molecule has 0 aliphatic heterocycles. The summed E-state index contributed by atoms with van der Waals surface area (Å²) in [5.74, 6) is 0. The van der Waals surface area contributed by atoms with Crippen LogP contribution in [0.2, 0.25) is 0 Å². The van der Waals surface area contributed by atoms with Crippen LogP contribution in [0.25, 0.3) is 0 Å². The minimum atomic E-state index is -0.133. The second-order valence-corrected chi connectivity index (χ2v) is 12.0. The summed E-state index contributed by atoms with van der Waals surface area (Å²) in [4.78, 5) is 0. The van der Waals surface area contributed by atoms with Crippen molar-refractivity contribution in [2.75, 3.05) is 12.3 Å². The zero-order chi connectivity index (χ0) is 16.6. The molecule has 4 heteroatoms. The Kier molecular flexibility index (Phi) is 10.2. The van der Waals surface area contributed by atoms with Crippen LogP contribution in [-0.4, -0.2) is 28.0 Å². The molecule has 0 aromatic carbocycles. The van der Waals surface area contributed by atoms with E-state index in [2.05, 4.69) is 27.7 Å². The fourth-order valence-corrected chi connectivity index (χ4v) is 9.12. The van der Waals surface area contributed by atoms with Crippen molar-refractivity contribution in [3.8, 4) is 0 Å². The van der Waals surface area contributed by atoms with E-state index in [9.17, 15) is 0 Å². The third kappa shape index (κ3) is 5.76. The van der Waals surface area contributed by atoms with Gasteiger partial charge in [0.1, 0.15) is 0 Å². The van der Waals surface area contributed by atoms with E-state index in [4.69, 9.17) is 23.2 Å². The van der Waals surface area contributed by atoms with E-state index >= 15 is 0 Å². The number of hydrogen-bond donors (Lipinski definition) is 0. The molecule has 0 aromatic heterocycles. The lowest BCUT2D eigenvalue weighted by Gasteiger charge is -2.52. The Bertz CT molecular complexity index is 305. The molecule has 0 amide bonds. The first-order valence-corrected chi connectivity index (χ1v) is 12.6. The molecule has 1 aliphatic rings. The Morgan fingerprint density at radius 3 is 2.05 bits per heavy atom. The molecule has 1 fully saturated rings. The van der Waals surface area contributed by atoms with Gasteiger partial charge in [-0.1, -0.05) is 62.0 Å². The number of alkyl halides is 2. The summed E-state index contributed by atoms with van der Waals surface area (Å²) in [5.41, 5.74) is 1.11. The molecule has 1 saturated carbocycles. The van der Waals surface area contributed by atoms with Crippen molar-refractivity contribution in [3.05, 3.63) is 0 Å². The van der Waals surface area contributed by atoms with Gasteiger partial charge in [0.25, 0.3) is 0 Å². The highest BCUT2D eigenvalue weighted by atomic mass is 35.5. The van der Waals surface area contributed by atoms with Gasteiger partial charge in [-0.2, -0.15) is 0 Å². The van der Waals surface area contributed by atoms with Crippen LogP contribution in [-0.2, 0) is 0 Å². The molecule has 0 heterocycles. The zero-order valence-corrected chi connectivity index (χ0v) is 18.5. The van der Waals surface area contributed by atoms with Crippen LogP contribution in [0.4, 0.5) is 0 Å². The normalized spacial score (nSPS) is 32.5. The van der Waals surface area contributed by atoms with Crippen LogP contribution in [0.15, 0.2) is 0 Å². The largest absolute Gasteiger partial charge is 0.120 e. The van der Waals surface area contributed by atoms with Gasteiger partial charge in [0, 0.05) is 0 Å². The van der Waals surface area contributed by atoms with E-state index in [-0.39, 0.29) is 9.99 Å². The quantitative estimate of drug-likeness (QED) is 0.271. The predicted molar refractivity (Wildman–Crippen MR) is 110 cm³/mol. The van der Waals surface area contributed by atoms with Crippen LogP contribution < -0.4 is 0 Å². The summed E-state index contributed by atoms with van der Waals surface area (Å²) in [7, 11) is 1.82. The predicted octanol–water partition coefficient (Wildman–Crippen LogP) is 7.45. The fraction of sp³-hybridized carbons (Fsp3) is 1.00. The third-order valence-corrected chi connectivity index (χ3v) is 10.6. The molecule has 5 atom stereocenters. The van der Waals surface area contributed by atoms with Gasteiger partial charge < -0.3 is 0 Å². The molecule has 1 rings (SSSR count). The molecule has 0 saturated heterocycles. The maximum absolute atomic E-state index is 7.22. The van der Waals surface area contributed by atoms with Crippen molar-refractivity contribution in [1.82, 2.24) is 0 Å². The average molecular weight is 385 g/mol. The number of hydrogen-bond acceptors (Lipinski definition) is 0. The van der Waals surface area contributed by atoms with Crippen molar-refractivity contribution in [1.29, 1.82) is 0 Å². The highest BCUT2D eigenvalue weighted by molar-refractivity contribution is 7.43. The first kappa shape index (κ1) is 21.5. The van der Waals surface area contributed by atoms with Crippen LogP contribution in [0.5, 0.6) is 0 Å². The number of rotatable bonds is 10. The van der Waals surface area contributed by atoms with E-state index in [0.29, 0.717) is 11.1 Å². The molecule has 22 heavy (non-hydrogen) atoms. The Hall–Kier alpha value is 1.44. The van der Waals surface area contributed by atoms with E-state index in [0.717, 1.165) is 23.6 Å². The molecule has 0 spiro atoms. The third-order valence-electron chi connectivity index (χ3n) is 4.96. The van der Waals surface area contributed by atoms with Crippen molar-refractivity contribution in [2.45, 2.75) is 94.7 Å². The standard InChI is InChI=1S/C18H36Cl2P2/c1-5-9-17(10-6-2)13-15(21-11-7-3)16(19)18(20,14-17)22-12-8-4/h15-16,21-22H,5-14H2,1-4H3. The first-order valence-electron chi connectivity index (χ1n) is 9.28. The Morgan fingerprint density at radius 2 is 1.55 bits per heavy atom. The van der Waals surface area contributed by atoms with Gasteiger partial charge in [-0.25, -0.2) is 0 Å². The van der Waals surface area contributed by atoms with Crippen molar-refractivity contribution in [3.63, 3.8) is 0 Å². The summed E-state index contributed by atoms with van der Waals surface area (Å²) in [5, 5.41) is 0.186. The zero-order valence-electron chi connectivity index (χ0n) is 15.0. The van der Waals surface area contributed by atoms with Crippen LogP contribution in [0.3, 0.4) is 0 Å². The minimum absolute atomic E-state index is 0.133. The molecule has 5 unspecified atom stereocenters. The van der Waals surface area contributed by atoms with Crippen molar-refractivity contribution < 1.29 is 0 Å². The molecule has 0 aromatic rings. The highest BCUT2D eigenvalue weighted by Crippen LogP contribution is 2.61. The lowest BCUT2D eigenvalue weighted by molar-refractivity contribution is 0.154. The van der Waals surface area contributed by atoms with Gasteiger partial charge >= 0.3 is 0 Å². The molecule has 1 aliphatic carbocycles. The van der Waals surface area contributed by atoms with Gasteiger partial charge in [0.15, 0.2) is 0 Å². The highest BCUT2D eigenvalue weighted by Gasteiger charge is 2.51. The summed E-state index contributed by atoms with van der Waals surface area (Å²) in [6.07, 6.45) is 12.8. The van der Waals surface area contributed by atoms with E-state index < -0.39 is 0 Å². The van der Waals surface area contributed by atoms with E-state index in [1.807, 2.05) is 0 Å². The van der Waals surface area contributed by atoms with Gasteiger partial charge in [-0.3, -0.25) is 0 Å². The molecule has 0 bridgehead atoms. The minimum Gasteiger partial charge on any atom is -0.120 e. The molecule has 0 radical (unpaired) electrons. The van der Waals surface area contributed by atoms with Gasteiger partial charge in [0.2, 0.25) is 0 Å². The average Bonchev–Trinajstić information content (AvgIpc) is 2.48. The molecular weight excluding hydrogens is 349 g/mol. The summed E-state index contributed by atoms with van der Waals surface area (Å²) in [6.45, 7) is 9.22. The van der Waals surface area contributed by atoms with Crippen molar-refractivity contribution >= 4 is 40.4 Å². The Morgan fingerprint density at radius 1 is 0.955 bits per heavy atom. The summed E-state index contributed by atoms with van der Waals surface area (Å²) < 4.78 is -0.133. The van der Waals surface area contributed by atoms with Gasteiger partial charge in [0.05, 0.1) is 9.99 Å². The second-order valence-electron chi connectivity index (χ2n) is 7.13. The van der Waals surface area contributed by atoms with E-state index in [1.165, 1.54) is 57.3 Å². The maximum atomic E-state index is 7.22. The monoisotopic (exact) mass is 384 g/mol. The first-order chi connectivity index (χ1) is 10.5. The Labute approximate surface area is 152 Å². The maximum Gasteiger partial charge on any atom is 0.0785 e. The van der Waals surface area contributed by atoms with Crippen LogP contribution >= 0.6 is 40.4 Å². The second kappa shape index (κ2) is 10.4. The smallest absolute Gasteiger partial charge is 0.0785 e. The van der Waals surface area contributed by atoms with Crippen LogP contribution in [0, 0.1) is 5.41 Å². The molecule has 132 valence electrons. The molecule has 0 N–H and O–H groups in total. The van der Waals surface area contributed by atoms with Gasteiger partial charge in [-0.15, -0.1) is 31.8 Å². The van der Waals surface area contributed by atoms with Crippen molar-refractivity contribution in [2.24, 2.45) is 5.41 Å².